The van der Waals surface area contributed by atoms with E-state index in [-0.39, 0.29) is 35.4 Å². The first-order chi connectivity index (χ1) is 14.3. The molecule has 1 aliphatic rings. The van der Waals surface area contributed by atoms with Gasteiger partial charge in [-0.25, -0.2) is 4.79 Å². The Hall–Kier alpha value is -1.89. The summed E-state index contributed by atoms with van der Waals surface area (Å²) < 4.78 is 0. The minimum Gasteiger partial charge on any atom is -0.478 e. The maximum atomic E-state index is 13.5. The molecule has 3 atom stereocenters. The van der Waals surface area contributed by atoms with Crippen LogP contribution in [0.2, 0.25) is 0 Å². The van der Waals surface area contributed by atoms with Crippen molar-refractivity contribution < 1.29 is 19.5 Å². The Bertz CT molecular complexity index is 664. The zero-order valence-corrected chi connectivity index (χ0v) is 20.7. The summed E-state index contributed by atoms with van der Waals surface area (Å²) in [7, 11) is 1.69. The molecule has 0 unspecified atom stereocenters. The van der Waals surface area contributed by atoms with E-state index in [1.54, 1.807) is 18.0 Å². The molecule has 0 radical (unpaired) electrons. The van der Waals surface area contributed by atoms with Crippen molar-refractivity contribution in [2.24, 2.45) is 11.3 Å². The van der Waals surface area contributed by atoms with Gasteiger partial charge in [0, 0.05) is 12.6 Å². The van der Waals surface area contributed by atoms with Crippen molar-refractivity contribution in [1.29, 1.82) is 0 Å². The van der Waals surface area contributed by atoms with Crippen LogP contribution >= 0.6 is 0 Å². The molecular weight excluding hydrogens is 394 g/mol. The summed E-state index contributed by atoms with van der Waals surface area (Å²) in [5.74, 6) is -1.27. The number of likely N-dealkylation sites (tertiary alicyclic amines) is 1. The second-order valence-corrected chi connectivity index (χ2v) is 10.2. The first-order valence-corrected chi connectivity index (χ1v) is 11.5. The molecule has 0 aromatic rings. The highest BCUT2D eigenvalue weighted by molar-refractivity contribution is 5.91. The van der Waals surface area contributed by atoms with Gasteiger partial charge in [0.05, 0.1) is 12.1 Å². The van der Waals surface area contributed by atoms with E-state index in [9.17, 15) is 19.5 Å². The van der Waals surface area contributed by atoms with Crippen molar-refractivity contribution in [3.8, 4) is 0 Å². The topological polar surface area (TPSA) is 90.0 Å². The number of piperidine rings is 1. The predicted molar refractivity (Wildman–Crippen MR) is 124 cm³/mol. The first-order valence-electron chi connectivity index (χ1n) is 11.5. The van der Waals surface area contributed by atoms with Crippen LogP contribution in [-0.4, -0.2) is 71.0 Å². The summed E-state index contributed by atoms with van der Waals surface area (Å²) in [4.78, 5) is 41.9. The van der Waals surface area contributed by atoms with Crippen molar-refractivity contribution in [3.63, 3.8) is 0 Å². The lowest BCUT2D eigenvalue weighted by Crippen LogP contribution is -2.60. The molecule has 31 heavy (non-hydrogen) atoms. The molecule has 1 saturated heterocycles. The van der Waals surface area contributed by atoms with Gasteiger partial charge in [0.15, 0.2) is 0 Å². The molecular formula is C24H43N3O4. The summed E-state index contributed by atoms with van der Waals surface area (Å²) in [6.07, 6.45) is 5.53. The normalized spacial score (nSPS) is 20.3. The van der Waals surface area contributed by atoms with E-state index in [1.165, 1.54) is 6.92 Å². The number of carbonyl (C=O) groups is 3. The molecule has 7 nitrogen and oxygen atoms in total. The van der Waals surface area contributed by atoms with E-state index in [0.29, 0.717) is 0 Å². The number of carbonyl (C=O) groups excluding carboxylic acids is 2. The number of rotatable bonds is 9. The molecule has 2 N–H and O–H groups in total. The molecule has 0 aromatic heterocycles. The Morgan fingerprint density at radius 2 is 1.84 bits per heavy atom. The van der Waals surface area contributed by atoms with Crippen molar-refractivity contribution in [3.05, 3.63) is 11.6 Å². The monoisotopic (exact) mass is 437 g/mol. The van der Waals surface area contributed by atoms with E-state index in [2.05, 4.69) is 17.1 Å². The quantitative estimate of drug-likeness (QED) is 0.540. The highest BCUT2D eigenvalue weighted by Gasteiger charge is 2.39. The number of carboxylic acids is 1. The second kappa shape index (κ2) is 11.7. The number of hydrogen-bond acceptors (Lipinski definition) is 4. The highest BCUT2D eigenvalue weighted by Crippen LogP contribution is 2.25. The van der Waals surface area contributed by atoms with Gasteiger partial charge in [0.2, 0.25) is 11.8 Å². The van der Waals surface area contributed by atoms with Crippen LogP contribution in [0, 0.1) is 11.3 Å². The SMILES string of the molecule is CCCN1CCCC[C@@H]1C(=O)N[C@H](C(=O)N(C)[C@H](C=C(C)C(=O)O)C(C)C)C(C)(C)C. The van der Waals surface area contributed by atoms with Crippen LogP contribution in [0.5, 0.6) is 0 Å². The number of aliphatic carboxylic acids is 1. The lowest BCUT2D eigenvalue weighted by molar-refractivity contribution is -0.141. The largest absolute Gasteiger partial charge is 0.478 e. The zero-order chi connectivity index (χ0) is 23.9. The van der Waals surface area contributed by atoms with Crippen LogP contribution in [0.4, 0.5) is 0 Å². The average Bonchev–Trinajstić information content (AvgIpc) is 2.68. The molecule has 0 saturated carbocycles. The van der Waals surface area contributed by atoms with Crippen molar-refractivity contribution in [1.82, 2.24) is 15.1 Å². The van der Waals surface area contributed by atoms with Crippen LogP contribution in [-0.2, 0) is 14.4 Å². The Kier molecular flexibility index (Phi) is 10.2. The number of amides is 2. The predicted octanol–water partition coefficient (Wildman–Crippen LogP) is 3.30. The fourth-order valence-corrected chi connectivity index (χ4v) is 4.16. The molecule has 1 fully saturated rings. The maximum absolute atomic E-state index is 13.5. The smallest absolute Gasteiger partial charge is 0.331 e. The zero-order valence-electron chi connectivity index (χ0n) is 20.7. The summed E-state index contributed by atoms with van der Waals surface area (Å²) in [5, 5.41) is 12.3. The minimum atomic E-state index is -1.000. The maximum Gasteiger partial charge on any atom is 0.331 e. The minimum absolute atomic E-state index is 0.0259. The Balaban J connectivity index is 3.12. The molecule has 1 rings (SSSR count). The van der Waals surface area contributed by atoms with Gasteiger partial charge in [-0.3, -0.25) is 14.5 Å². The van der Waals surface area contributed by atoms with Gasteiger partial charge in [-0.1, -0.05) is 54.0 Å². The van der Waals surface area contributed by atoms with Crippen molar-refractivity contribution in [2.45, 2.75) is 92.3 Å². The fraction of sp³-hybridized carbons (Fsp3) is 0.792. The fourth-order valence-electron chi connectivity index (χ4n) is 4.16. The van der Waals surface area contributed by atoms with E-state index >= 15 is 0 Å². The standard InChI is InChI=1S/C24H43N3O4/c1-9-13-27-14-11-10-12-18(27)21(28)25-20(24(5,6)7)22(29)26(8)19(16(2)3)15-17(4)23(30)31/h15-16,18-20H,9-14H2,1-8H3,(H,25,28)(H,30,31)/t18-,19-,20-/m1/s1. The number of likely N-dealkylation sites (N-methyl/N-ethyl adjacent to an activating group) is 1. The van der Waals surface area contributed by atoms with Crippen LogP contribution in [0.25, 0.3) is 0 Å². The Labute approximate surface area is 188 Å². The van der Waals surface area contributed by atoms with Gasteiger partial charge >= 0.3 is 5.97 Å². The third kappa shape index (κ3) is 7.63. The van der Waals surface area contributed by atoms with E-state index in [0.717, 1.165) is 38.8 Å². The number of nitrogens with zero attached hydrogens (tertiary/aromatic N) is 2. The molecule has 0 aliphatic carbocycles. The molecule has 1 aliphatic heterocycles. The lowest BCUT2D eigenvalue weighted by atomic mass is 9.84. The van der Waals surface area contributed by atoms with Crippen LogP contribution in [0.15, 0.2) is 11.6 Å². The summed E-state index contributed by atoms with van der Waals surface area (Å²) in [6, 6.07) is -1.28. The number of nitrogens with one attached hydrogen (secondary N) is 1. The summed E-state index contributed by atoms with van der Waals surface area (Å²) in [6.45, 7) is 15.2. The van der Waals surface area contributed by atoms with Crippen molar-refractivity contribution in [2.75, 3.05) is 20.1 Å². The molecule has 0 spiro atoms. The first kappa shape index (κ1) is 27.1. The third-order valence-electron chi connectivity index (χ3n) is 6.06. The van der Waals surface area contributed by atoms with Crippen molar-refractivity contribution >= 4 is 17.8 Å². The van der Waals surface area contributed by atoms with E-state index in [1.807, 2.05) is 34.6 Å². The van der Waals surface area contributed by atoms with E-state index in [4.69, 9.17) is 0 Å². The van der Waals surface area contributed by atoms with Crippen LogP contribution in [0.3, 0.4) is 0 Å². The summed E-state index contributed by atoms with van der Waals surface area (Å²) >= 11 is 0. The highest BCUT2D eigenvalue weighted by atomic mass is 16.4. The molecule has 0 bridgehead atoms. The van der Waals surface area contributed by atoms with Gasteiger partial charge in [0.25, 0.3) is 0 Å². The molecule has 2 amide bonds. The van der Waals surface area contributed by atoms with Gasteiger partial charge in [0.1, 0.15) is 6.04 Å². The Morgan fingerprint density at radius 1 is 1.23 bits per heavy atom. The summed E-state index contributed by atoms with van der Waals surface area (Å²) in [5.41, 5.74) is -0.287. The van der Waals surface area contributed by atoms with Crippen LogP contribution < -0.4 is 5.32 Å². The second-order valence-electron chi connectivity index (χ2n) is 10.2. The molecule has 178 valence electrons. The average molecular weight is 438 g/mol. The van der Waals surface area contributed by atoms with E-state index < -0.39 is 17.4 Å². The van der Waals surface area contributed by atoms with Gasteiger partial charge < -0.3 is 15.3 Å². The van der Waals surface area contributed by atoms with Gasteiger partial charge in [-0.05, 0) is 50.6 Å². The Morgan fingerprint density at radius 3 is 2.32 bits per heavy atom. The van der Waals surface area contributed by atoms with Gasteiger partial charge in [-0.15, -0.1) is 0 Å². The van der Waals surface area contributed by atoms with Gasteiger partial charge in [-0.2, -0.15) is 0 Å². The van der Waals surface area contributed by atoms with Crippen LogP contribution in [0.1, 0.15) is 74.1 Å². The molecule has 7 heteroatoms. The molecule has 1 heterocycles. The number of carboxylic acid groups (broad SMARTS) is 1. The third-order valence-corrected chi connectivity index (χ3v) is 6.06. The molecule has 0 aromatic carbocycles. The number of hydrogen-bond donors (Lipinski definition) is 2. The lowest BCUT2D eigenvalue weighted by Gasteiger charge is -2.40.